The third kappa shape index (κ3) is 2.83. The van der Waals surface area contributed by atoms with Crippen molar-refractivity contribution in [3.8, 4) is 17.1 Å². The van der Waals surface area contributed by atoms with E-state index < -0.39 is 0 Å². The number of aromatic nitrogens is 1. The molecule has 0 fully saturated rings. The molecule has 0 aliphatic carbocycles. The molecule has 0 atom stereocenters. The molecule has 0 saturated carbocycles. The lowest BCUT2D eigenvalue weighted by Crippen LogP contribution is -1.95. The van der Waals surface area contributed by atoms with Crippen molar-refractivity contribution in [3.63, 3.8) is 0 Å². The molecule has 2 heterocycles. The standard InChI is InChI=1S/C16H13NO2/c1-2-16(18-11-1)14-3-5-15(6-4-14)19-12-13-7-9-17-10-8-13/h1-11H,12H2. The molecule has 0 saturated heterocycles. The van der Waals surface area contributed by atoms with Gasteiger partial charge in [0.15, 0.2) is 0 Å². The second-order valence-electron chi connectivity index (χ2n) is 4.15. The van der Waals surface area contributed by atoms with Gasteiger partial charge in [-0.25, -0.2) is 0 Å². The van der Waals surface area contributed by atoms with Gasteiger partial charge in [0.25, 0.3) is 0 Å². The Hall–Kier alpha value is -2.55. The maximum Gasteiger partial charge on any atom is 0.133 e. The molecule has 3 nitrogen and oxygen atoms in total. The van der Waals surface area contributed by atoms with E-state index in [9.17, 15) is 0 Å². The van der Waals surface area contributed by atoms with Gasteiger partial charge in [0.05, 0.1) is 6.26 Å². The molecular formula is C16H13NO2. The number of furan rings is 1. The summed E-state index contributed by atoms with van der Waals surface area (Å²) < 4.78 is 11.0. The number of hydrogen-bond acceptors (Lipinski definition) is 3. The van der Waals surface area contributed by atoms with E-state index in [1.165, 1.54) is 0 Å². The van der Waals surface area contributed by atoms with Crippen LogP contribution in [0.15, 0.2) is 71.6 Å². The normalized spacial score (nSPS) is 10.3. The van der Waals surface area contributed by atoms with E-state index in [0.29, 0.717) is 6.61 Å². The summed E-state index contributed by atoms with van der Waals surface area (Å²) in [6.45, 7) is 0.544. The molecule has 0 aliphatic heterocycles. The summed E-state index contributed by atoms with van der Waals surface area (Å²) in [5.41, 5.74) is 2.14. The highest BCUT2D eigenvalue weighted by atomic mass is 16.5. The first-order valence-electron chi connectivity index (χ1n) is 6.07. The molecule has 0 aliphatic rings. The second-order valence-corrected chi connectivity index (χ2v) is 4.15. The third-order valence-electron chi connectivity index (χ3n) is 2.81. The van der Waals surface area contributed by atoms with E-state index in [1.54, 1.807) is 18.7 Å². The second kappa shape index (κ2) is 5.40. The number of nitrogens with zero attached hydrogens (tertiary/aromatic N) is 1. The summed E-state index contributed by atoms with van der Waals surface area (Å²) in [6, 6.07) is 15.6. The summed E-state index contributed by atoms with van der Waals surface area (Å²) in [5.74, 6) is 1.70. The maximum absolute atomic E-state index is 5.71. The van der Waals surface area contributed by atoms with Crippen LogP contribution in [0.4, 0.5) is 0 Å². The average Bonchev–Trinajstić information content (AvgIpc) is 3.01. The molecule has 0 radical (unpaired) electrons. The number of rotatable bonds is 4. The zero-order valence-electron chi connectivity index (χ0n) is 10.3. The van der Waals surface area contributed by atoms with Crippen LogP contribution in [-0.2, 0) is 6.61 Å². The summed E-state index contributed by atoms with van der Waals surface area (Å²) in [4.78, 5) is 3.97. The van der Waals surface area contributed by atoms with Gasteiger partial charge in [0.2, 0.25) is 0 Å². The Morgan fingerprint density at radius 1 is 0.947 bits per heavy atom. The number of hydrogen-bond donors (Lipinski definition) is 0. The van der Waals surface area contributed by atoms with E-state index in [4.69, 9.17) is 9.15 Å². The van der Waals surface area contributed by atoms with E-state index >= 15 is 0 Å². The van der Waals surface area contributed by atoms with Crippen molar-refractivity contribution in [2.24, 2.45) is 0 Å². The van der Waals surface area contributed by atoms with Crippen molar-refractivity contribution in [2.75, 3.05) is 0 Å². The Morgan fingerprint density at radius 2 is 1.74 bits per heavy atom. The van der Waals surface area contributed by atoms with Crippen LogP contribution in [0.5, 0.6) is 5.75 Å². The number of benzene rings is 1. The Bertz CT molecular complexity index is 616. The van der Waals surface area contributed by atoms with Crippen LogP contribution in [0.1, 0.15) is 5.56 Å². The molecule has 3 rings (SSSR count). The van der Waals surface area contributed by atoms with Gasteiger partial charge < -0.3 is 9.15 Å². The first kappa shape index (κ1) is 11.5. The molecule has 0 bridgehead atoms. The van der Waals surface area contributed by atoms with Crippen molar-refractivity contribution in [1.29, 1.82) is 0 Å². The molecule has 0 unspecified atom stereocenters. The zero-order valence-corrected chi connectivity index (χ0v) is 10.3. The molecule has 94 valence electrons. The van der Waals surface area contributed by atoms with Crippen LogP contribution in [-0.4, -0.2) is 4.98 Å². The van der Waals surface area contributed by atoms with Crippen molar-refractivity contribution in [1.82, 2.24) is 4.98 Å². The Balaban J connectivity index is 1.67. The lowest BCUT2D eigenvalue weighted by molar-refractivity contribution is 0.306. The number of pyridine rings is 1. The largest absolute Gasteiger partial charge is 0.489 e. The molecule has 1 aromatic carbocycles. The third-order valence-corrected chi connectivity index (χ3v) is 2.81. The smallest absolute Gasteiger partial charge is 0.133 e. The molecule has 2 aromatic heterocycles. The van der Waals surface area contributed by atoms with Gasteiger partial charge in [-0.3, -0.25) is 4.98 Å². The lowest BCUT2D eigenvalue weighted by atomic mass is 10.2. The minimum atomic E-state index is 0.544. The van der Waals surface area contributed by atoms with Gasteiger partial charge >= 0.3 is 0 Å². The van der Waals surface area contributed by atoms with Gasteiger partial charge in [-0.05, 0) is 54.1 Å². The van der Waals surface area contributed by atoms with E-state index in [2.05, 4.69) is 4.98 Å². The van der Waals surface area contributed by atoms with Crippen LogP contribution in [0.25, 0.3) is 11.3 Å². The van der Waals surface area contributed by atoms with Crippen molar-refractivity contribution >= 4 is 0 Å². The monoisotopic (exact) mass is 251 g/mol. The van der Waals surface area contributed by atoms with Gasteiger partial charge in [-0.2, -0.15) is 0 Å². The van der Waals surface area contributed by atoms with E-state index in [-0.39, 0.29) is 0 Å². The minimum Gasteiger partial charge on any atom is -0.489 e. The van der Waals surface area contributed by atoms with Crippen molar-refractivity contribution in [2.45, 2.75) is 6.61 Å². The predicted octanol–water partition coefficient (Wildman–Crippen LogP) is 3.92. The average molecular weight is 251 g/mol. The molecule has 0 spiro atoms. The lowest BCUT2D eigenvalue weighted by Gasteiger charge is -2.06. The van der Waals surface area contributed by atoms with Crippen molar-refractivity contribution in [3.05, 3.63) is 72.8 Å². The van der Waals surface area contributed by atoms with Crippen LogP contribution in [0, 0.1) is 0 Å². The highest BCUT2D eigenvalue weighted by molar-refractivity contribution is 5.58. The van der Waals surface area contributed by atoms with Crippen LogP contribution >= 0.6 is 0 Å². The fourth-order valence-electron chi connectivity index (χ4n) is 1.80. The Morgan fingerprint density at radius 3 is 2.42 bits per heavy atom. The molecule has 3 aromatic rings. The van der Waals surface area contributed by atoms with Gasteiger partial charge in [-0.1, -0.05) is 0 Å². The summed E-state index contributed by atoms with van der Waals surface area (Å²) in [5, 5.41) is 0. The maximum atomic E-state index is 5.71. The predicted molar refractivity (Wildman–Crippen MR) is 72.7 cm³/mol. The number of ether oxygens (including phenoxy) is 1. The molecule has 19 heavy (non-hydrogen) atoms. The SMILES string of the molecule is c1coc(-c2ccc(OCc3ccncc3)cc2)c1. The van der Waals surface area contributed by atoms with Crippen LogP contribution in [0.3, 0.4) is 0 Å². The van der Waals surface area contributed by atoms with Gasteiger partial charge in [-0.15, -0.1) is 0 Å². The highest BCUT2D eigenvalue weighted by Crippen LogP contribution is 2.23. The molecular weight excluding hydrogens is 238 g/mol. The Kier molecular flexibility index (Phi) is 3.28. The highest BCUT2D eigenvalue weighted by Gasteiger charge is 2.01. The van der Waals surface area contributed by atoms with E-state index in [0.717, 1.165) is 22.6 Å². The molecule has 0 amide bonds. The van der Waals surface area contributed by atoms with Gasteiger partial charge in [0, 0.05) is 18.0 Å². The van der Waals surface area contributed by atoms with Gasteiger partial charge in [0.1, 0.15) is 18.1 Å². The fourth-order valence-corrected chi connectivity index (χ4v) is 1.80. The van der Waals surface area contributed by atoms with Crippen LogP contribution in [0.2, 0.25) is 0 Å². The minimum absolute atomic E-state index is 0.544. The summed E-state index contributed by atoms with van der Waals surface area (Å²) in [6.07, 6.45) is 5.20. The first-order chi connectivity index (χ1) is 9.42. The fraction of sp³-hybridized carbons (Fsp3) is 0.0625. The molecule has 3 heteroatoms. The summed E-state index contributed by atoms with van der Waals surface area (Å²) in [7, 11) is 0. The molecule has 0 N–H and O–H groups in total. The van der Waals surface area contributed by atoms with E-state index in [1.807, 2.05) is 48.5 Å². The van der Waals surface area contributed by atoms with Crippen molar-refractivity contribution < 1.29 is 9.15 Å². The first-order valence-corrected chi connectivity index (χ1v) is 6.07. The Labute approximate surface area is 111 Å². The quantitative estimate of drug-likeness (QED) is 0.705. The zero-order chi connectivity index (χ0) is 12.9. The summed E-state index contributed by atoms with van der Waals surface area (Å²) >= 11 is 0. The topological polar surface area (TPSA) is 35.3 Å². The van der Waals surface area contributed by atoms with Crippen LogP contribution < -0.4 is 4.74 Å².